The fraction of sp³-hybridized carbons (Fsp3) is 0.300. The van der Waals surface area contributed by atoms with Crippen LogP contribution in [0.15, 0.2) is 52.3 Å². The summed E-state index contributed by atoms with van der Waals surface area (Å²) >= 11 is -1.48. The first kappa shape index (κ1) is 18.5. The minimum Gasteiger partial charge on any atom is -0.606 e. The molecule has 0 saturated carbocycles. The highest BCUT2D eigenvalue weighted by Gasteiger charge is 2.35. The van der Waals surface area contributed by atoms with Crippen LogP contribution in [0.5, 0.6) is 0 Å². The average molecular weight is 370 g/mol. The van der Waals surface area contributed by atoms with Crippen molar-refractivity contribution in [2.24, 2.45) is 5.92 Å². The number of carbonyl (C=O) groups is 2. The smallest absolute Gasteiger partial charge is 0.263 e. The third kappa shape index (κ3) is 3.34. The van der Waals surface area contributed by atoms with Gasteiger partial charge in [0.05, 0.1) is 5.56 Å². The lowest BCUT2D eigenvalue weighted by molar-refractivity contribution is 0.0946. The van der Waals surface area contributed by atoms with Crippen molar-refractivity contribution in [1.29, 1.82) is 0 Å². The molecule has 0 saturated heterocycles. The van der Waals surface area contributed by atoms with Gasteiger partial charge in [-0.2, -0.15) is 0 Å². The molecule has 0 fully saturated rings. The summed E-state index contributed by atoms with van der Waals surface area (Å²) in [4.78, 5) is 28.0. The van der Waals surface area contributed by atoms with Crippen molar-refractivity contribution < 1.29 is 14.1 Å². The number of hydrogen-bond donors (Lipinski definition) is 1. The van der Waals surface area contributed by atoms with Crippen LogP contribution in [0.25, 0.3) is 0 Å². The summed E-state index contributed by atoms with van der Waals surface area (Å²) < 4.78 is 13.1. The van der Waals surface area contributed by atoms with Gasteiger partial charge in [0.2, 0.25) is 0 Å². The van der Waals surface area contributed by atoms with Crippen LogP contribution >= 0.6 is 0 Å². The van der Waals surface area contributed by atoms with E-state index in [9.17, 15) is 14.1 Å². The molecule has 1 heterocycles. The largest absolute Gasteiger partial charge is 0.606 e. The Kier molecular flexibility index (Phi) is 5.34. The lowest BCUT2D eigenvalue weighted by Crippen LogP contribution is -2.31. The van der Waals surface area contributed by atoms with Crippen LogP contribution in [0.3, 0.4) is 0 Å². The second kappa shape index (κ2) is 7.51. The molecule has 0 radical (unpaired) electrons. The van der Waals surface area contributed by atoms with Crippen molar-refractivity contribution in [3.05, 3.63) is 53.6 Å². The monoisotopic (exact) mass is 370 g/mol. The minimum atomic E-state index is -1.48. The third-order valence-corrected chi connectivity index (χ3v) is 5.76. The van der Waals surface area contributed by atoms with E-state index >= 15 is 0 Å². The molecule has 1 N–H and O–H groups in total. The molecule has 2 aromatic carbocycles. The fourth-order valence-electron chi connectivity index (χ4n) is 2.92. The first-order valence-electron chi connectivity index (χ1n) is 8.69. The second-order valence-electron chi connectivity index (χ2n) is 6.60. The summed E-state index contributed by atoms with van der Waals surface area (Å²) in [6.07, 6.45) is 0. The Hall–Kier alpha value is -2.31. The molecule has 0 spiro atoms. The predicted octanol–water partition coefficient (Wildman–Crippen LogP) is 3.22. The summed E-state index contributed by atoms with van der Waals surface area (Å²) in [5.41, 5.74) is 1.43. The highest BCUT2D eigenvalue weighted by molar-refractivity contribution is 7.91. The van der Waals surface area contributed by atoms with Crippen molar-refractivity contribution in [3.8, 4) is 0 Å². The first-order valence-corrected chi connectivity index (χ1v) is 9.84. The van der Waals surface area contributed by atoms with Crippen molar-refractivity contribution >= 4 is 28.7 Å². The Morgan fingerprint density at radius 2 is 1.92 bits per heavy atom. The van der Waals surface area contributed by atoms with Gasteiger partial charge in [-0.1, -0.05) is 26.0 Å². The number of carbonyl (C=O) groups excluding carboxylic acids is 2. The van der Waals surface area contributed by atoms with E-state index in [1.54, 1.807) is 47.4 Å². The van der Waals surface area contributed by atoms with Crippen molar-refractivity contribution in [2.75, 3.05) is 18.0 Å². The van der Waals surface area contributed by atoms with Crippen molar-refractivity contribution in [1.82, 2.24) is 5.32 Å². The third-order valence-electron chi connectivity index (χ3n) is 4.26. The number of anilines is 1. The van der Waals surface area contributed by atoms with Crippen LogP contribution < -0.4 is 10.2 Å². The summed E-state index contributed by atoms with van der Waals surface area (Å²) in [6, 6.07) is 12.0. The van der Waals surface area contributed by atoms with E-state index in [-0.39, 0.29) is 11.8 Å². The predicted molar refractivity (Wildman–Crippen MR) is 102 cm³/mol. The summed E-state index contributed by atoms with van der Waals surface area (Å²) in [5, 5.41) is 2.87. The normalized spacial score (nSPS) is 16.1. The van der Waals surface area contributed by atoms with E-state index in [4.69, 9.17) is 0 Å². The van der Waals surface area contributed by atoms with Crippen LogP contribution in [0, 0.1) is 5.92 Å². The maximum absolute atomic E-state index is 13.1. The number of rotatable bonds is 4. The summed E-state index contributed by atoms with van der Waals surface area (Å²) in [7, 11) is 0. The van der Waals surface area contributed by atoms with Gasteiger partial charge in [0.25, 0.3) is 11.8 Å². The van der Waals surface area contributed by atoms with Crippen LogP contribution in [0.4, 0.5) is 5.69 Å². The van der Waals surface area contributed by atoms with E-state index in [0.717, 1.165) is 0 Å². The number of fused-ring (bicyclic) bond motifs is 2. The van der Waals surface area contributed by atoms with Gasteiger partial charge in [-0.25, -0.2) is 0 Å². The van der Waals surface area contributed by atoms with E-state index in [2.05, 4.69) is 5.32 Å². The number of nitrogens with zero attached hydrogens (tertiary/aromatic N) is 1. The first-order chi connectivity index (χ1) is 12.4. The highest BCUT2D eigenvalue weighted by atomic mass is 32.2. The molecular weight excluding hydrogens is 348 g/mol. The van der Waals surface area contributed by atoms with E-state index in [0.29, 0.717) is 45.6 Å². The number of benzene rings is 2. The molecular formula is C20H22N2O3S. The molecule has 1 aliphatic heterocycles. The summed E-state index contributed by atoms with van der Waals surface area (Å²) in [6.45, 7) is 6.91. The molecule has 0 aromatic heterocycles. The zero-order valence-corrected chi connectivity index (χ0v) is 15.9. The molecule has 136 valence electrons. The Morgan fingerprint density at radius 1 is 1.19 bits per heavy atom. The van der Waals surface area contributed by atoms with Crippen molar-refractivity contribution in [3.63, 3.8) is 0 Å². The van der Waals surface area contributed by atoms with Crippen LogP contribution in [0.2, 0.25) is 0 Å². The molecule has 1 aliphatic rings. The zero-order valence-electron chi connectivity index (χ0n) is 15.1. The van der Waals surface area contributed by atoms with E-state index in [1.165, 1.54) is 0 Å². The van der Waals surface area contributed by atoms with Crippen LogP contribution in [-0.2, 0) is 11.2 Å². The fourth-order valence-corrected chi connectivity index (χ4v) is 4.26. The molecule has 5 nitrogen and oxygen atoms in total. The minimum absolute atomic E-state index is 0.197. The second-order valence-corrected chi connectivity index (χ2v) is 8.02. The van der Waals surface area contributed by atoms with Gasteiger partial charge in [0, 0.05) is 29.8 Å². The lowest BCUT2D eigenvalue weighted by Gasteiger charge is -2.20. The van der Waals surface area contributed by atoms with E-state index in [1.807, 2.05) is 20.8 Å². The van der Waals surface area contributed by atoms with Gasteiger partial charge >= 0.3 is 0 Å². The van der Waals surface area contributed by atoms with Gasteiger partial charge < -0.3 is 14.8 Å². The molecule has 2 aromatic rings. The van der Waals surface area contributed by atoms with Gasteiger partial charge in [-0.15, -0.1) is 0 Å². The highest BCUT2D eigenvalue weighted by Crippen LogP contribution is 2.37. The Labute approximate surface area is 156 Å². The molecule has 6 heteroatoms. The lowest BCUT2D eigenvalue weighted by atomic mass is 10.1. The average Bonchev–Trinajstić information content (AvgIpc) is 2.73. The van der Waals surface area contributed by atoms with Gasteiger partial charge in [-0.05, 0) is 43.2 Å². The van der Waals surface area contributed by atoms with Gasteiger partial charge in [-0.3, -0.25) is 9.59 Å². The molecule has 1 atom stereocenters. The Bertz CT molecular complexity index is 851. The van der Waals surface area contributed by atoms with Crippen molar-refractivity contribution in [2.45, 2.75) is 30.6 Å². The number of amides is 2. The van der Waals surface area contributed by atoms with Crippen LogP contribution in [0.1, 0.15) is 41.5 Å². The zero-order chi connectivity index (χ0) is 18.8. The topological polar surface area (TPSA) is 72.5 Å². The van der Waals surface area contributed by atoms with Gasteiger partial charge in [0.1, 0.15) is 5.69 Å². The van der Waals surface area contributed by atoms with E-state index < -0.39 is 11.2 Å². The Balaban J connectivity index is 2.06. The molecule has 3 rings (SSSR count). The molecule has 0 aliphatic carbocycles. The SMILES string of the molecule is CCN1C(=O)c2ccccc2[S+]([O-])c2ccc(C(=O)NCC(C)C)cc21. The molecule has 26 heavy (non-hydrogen) atoms. The van der Waals surface area contributed by atoms with Crippen LogP contribution in [-0.4, -0.2) is 29.5 Å². The summed E-state index contributed by atoms with van der Waals surface area (Å²) in [5.74, 6) is -0.0528. The number of hydrogen-bond acceptors (Lipinski definition) is 3. The maximum Gasteiger partial charge on any atom is 0.263 e. The standard InChI is InChI=1S/C20H22N2O3S/c1-4-22-16-11-14(19(23)21-12-13(2)3)9-10-18(16)26(25)17-8-6-5-7-15(17)20(22)24/h5-11,13H,4,12H2,1-3H3,(H,21,23). The maximum atomic E-state index is 13.1. The quantitative estimate of drug-likeness (QED) is 0.840. The molecule has 0 bridgehead atoms. The van der Waals surface area contributed by atoms with Gasteiger partial charge in [0.15, 0.2) is 9.79 Å². The molecule has 1 unspecified atom stereocenters. The number of nitrogens with one attached hydrogen (secondary N) is 1. The Morgan fingerprint density at radius 3 is 2.62 bits per heavy atom. The molecule has 2 amide bonds.